The van der Waals surface area contributed by atoms with Crippen molar-refractivity contribution in [1.82, 2.24) is 4.98 Å². The number of anilines is 1. The van der Waals surface area contributed by atoms with E-state index in [0.29, 0.717) is 11.4 Å². The van der Waals surface area contributed by atoms with E-state index in [1.54, 1.807) is 18.5 Å². The summed E-state index contributed by atoms with van der Waals surface area (Å²) >= 11 is 0. The molecule has 0 unspecified atom stereocenters. The van der Waals surface area contributed by atoms with Gasteiger partial charge in [0, 0.05) is 12.3 Å². The number of aromatic nitrogens is 1. The van der Waals surface area contributed by atoms with E-state index < -0.39 is 0 Å². The topological polar surface area (TPSA) is 48.1 Å². The minimum absolute atomic E-state index is 0.544. The van der Waals surface area contributed by atoms with Crippen LogP contribution in [0.5, 0.6) is 11.5 Å². The van der Waals surface area contributed by atoms with Gasteiger partial charge in [0.2, 0.25) is 0 Å². The molecule has 1 aromatic carbocycles. The standard InChI is InChI=1S/C13H14N2O/c1-2-10-3-5-11(6-4-10)16-13-7-8-15-9-12(13)14/h3-9H,2,14H2,1H3. The third-order valence-corrected chi connectivity index (χ3v) is 2.37. The van der Waals surface area contributed by atoms with Crippen LogP contribution in [0.4, 0.5) is 5.69 Å². The fourth-order valence-electron chi connectivity index (χ4n) is 1.41. The number of benzene rings is 1. The summed E-state index contributed by atoms with van der Waals surface area (Å²) in [4.78, 5) is 3.91. The monoisotopic (exact) mass is 214 g/mol. The highest BCUT2D eigenvalue weighted by atomic mass is 16.5. The number of aryl methyl sites for hydroxylation is 1. The highest BCUT2D eigenvalue weighted by Gasteiger charge is 2.01. The van der Waals surface area contributed by atoms with Gasteiger partial charge in [-0.15, -0.1) is 0 Å². The molecular weight excluding hydrogens is 200 g/mol. The summed E-state index contributed by atoms with van der Waals surface area (Å²) in [6.45, 7) is 2.12. The van der Waals surface area contributed by atoms with Crippen LogP contribution >= 0.6 is 0 Å². The quantitative estimate of drug-likeness (QED) is 0.854. The van der Waals surface area contributed by atoms with Crippen molar-refractivity contribution < 1.29 is 4.74 Å². The van der Waals surface area contributed by atoms with Crippen LogP contribution in [-0.4, -0.2) is 4.98 Å². The predicted octanol–water partition coefficient (Wildman–Crippen LogP) is 3.02. The minimum Gasteiger partial charge on any atom is -0.455 e. The maximum Gasteiger partial charge on any atom is 0.153 e. The Balaban J connectivity index is 2.18. The molecule has 0 radical (unpaired) electrons. The van der Waals surface area contributed by atoms with Crippen molar-refractivity contribution >= 4 is 5.69 Å². The lowest BCUT2D eigenvalue weighted by Gasteiger charge is -2.07. The molecule has 1 aromatic heterocycles. The van der Waals surface area contributed by atoms with E-state index in [4.69, 9.17) is 10.5 Å². The molecule has 1 heterocycles. The summed E-state index contributed by atoms with van der Waals surface area (Å²) in [5, 5.41) is 0. The molecule has 0 bridgehead atoms. The van der Waals surface area contributed by atoms with Gasteiger partial charge in [-0.25, -0.2) is 0 Å². The zero-order chi connectivity index (χ0) is 11.4. The van der Waals surface area contributed by atoms with Crippen molar-refractivity contribution in [1.29, 1.82) is 0 Å². The van der Waals surface area contributed by atoms with Gasteiger partial charge in [-0.2, -0.15) is 0 Å². The average Bonchev–Trinajstić information content (AvgIpc) is 2.33. The van der Waals surface area contributed by atoms with Gasteiger partial charge in [0.05, 0.1) is 11.9 Å². The number of hydrogen-bond acceptors (Lipinski definition) is 3. The second kappa shape index (κ2) is 4.66. The Kier molecular flexibility index (Phi) is 3.05. The fraction of sp³-hybridized carbons (Fsp3) is 0.154. The van der Waals surface area contributed by atoms with E-state index in [2.05, 4.69) is 11.9 Å². The lowest BCUT2D eigenvalue weighted by atomic mass is 10.2. The number of hydrogen-bond donors (Lipinski definition) is 1. The van der Waals surface area contributed by atoms with Crippen LogP contribution in [-0.2, 0) is 6.42 Å². The summed E-state index contributed by atoms with van der Waals surface area (Å²) in [7, 11) is 0. The zero-order valence-electron chi connectivity index (χ0n) is 9.18. The van der Waals surface area contributed by atoms with Gasteiger partial charge >= 0.3 is 0 Å². The molecule has 82 valence electrons. The number of nitrogens with two attached hydrogens (primary N) is 1. The molecule has 2 N–H and O–H groups in total. The van der Waals surface area contributed by atoms with E-state index in [1.165, 1.54) is 5.56 Å². The molecule has 0 aliphatic heterocycles. The first-order valence-corrected chi connectivity index (χ1v) is 5.26. The minimum atomic E-state index is 0.544. The first-order chi connectivity index (χ1) is 7.79. The van der Waals surface area contributed by atoms with Gasteiger partial charge in [-0.3, -0.25) is 4.98 Å². The largest absolute Gasteiger partial charge is 0.455 e. The Hall–Kier alpha value is -2.03. The molecule has 0 saturated carbocycles. The molecule has 0 aliphatic carbocycles. The van der Waals surface area contributed by atoms with Crippen LogP contribution in [0.3, 0.4) is 0 Å². The normalized spacial score (nSPS) is 10.1. The molecule has 0 amide bonds. The van der Waals surface area contributed by atoms with Gasteiger partial charge in [0.15, 0.2) is 5.75 Å². The lowest BCUT2D eigenvalue weighted by Crippen LogP contribution is -1.92. The molecular formula is C13H14N2O. The van der Waals surface area contributed by atoms with Gasteiger partial charge < -0.3 is 10.5 Å². The lowest BCUT2D eigenvalue weighted by molar-refractivity contribution is 0.484. The summed E-state index contributed by atoms with van der Waals surface area (Å²) in [5.74, 6) is 1.43. The molecule has 0 saturated heterocycles. The molecule has 0 spiro atoms. The molecule has 2 rings (SSSR count). The number of pyridine rings is 1. The second-order valence-electron chi connectivity index (χ2n) is 3.51. The van der Waals surface area contributed by atoms with Crippen LogP contribution < -0.4 is 10.5 Å². The predicted molar refractivity (Wildman–Crippen MR) is 64.5 cm³/mol. The van der Waals surface area contributed by atoms with E-state index in [9.17, 15) is 0 Å². The smallest absolute Gasteiger partial charge is 0.153 e. The molecule has 0 fully saturated rings. The third-order valence-electron chi connectivity index (χ3n) is 2.37. The summed E-state index contributed by atoms with van der Waals surface area (Å²) < 4.78 is 5.64. The zero-order valence-corrected chi connectivity index (χ0v) is 9.18. The van der Waals surface area contributed by atoms with Gasteiger partial charge in [0.25, 0.3) is 0 Å². The number of rotatable bonds is 3. The molecule has 3 heteroatoms. The fourth-order valence-corrected chi connectivity index (χ4v) is 1.41. The highest BCUT2D eigenvalue weighted by Crippen LogP contribution is 2.26. The van der Waals surface area contributed by atoms with Crippen molar-refractivity contribution in [2.24, 2.45) is 0 Å². The Bertz CT molecular complexity index is 466. The van der Waals surface area contributed by atoms with E-state index in [0.717, 1.165) is 12.2 Å². The van der Waals surface area contributed by atoms with Crippen molar-refractivity contribution in [3.05, 3.63) is 48.3 Å². The van der Waals surface area contributed by atoms with Crippen molar-refractivity contribution in [2.45, 2.75) is 13.3 Å². The molecule has 2 aromatic rings. The maximum absolute atomic E-state index is 5.74. The van der Waals surface area contributed by atoms with Crippen LogP contribution in [0.2, 0.25) is 0 Å². The van der Waals surface area contributed by atoms with E-state index in [-0.39, 0.29) is 0 Å². The van der Waals surface area contributed by atoms with Gasteiger partial charge in [-0.1, -0.05) is 19.1 Å². The van der Waals surface area contributed by atoms with E-state index in [1.807, 2.05) is 24.3 Å². The number of ether oxygens (including phenoxy) is 1. The highest BCUT2D eigenvalue weighted by molar-refractivity contribution is 5.51. The van der Waals surface area contributed by atoms with Crippen LogP contribution in [0, 0.1) is 0 Å². The maximum atomic E-state index is 5.74. The summed E-state index contributed by atoms with van der Waals surface area (Å²) in [6, 6.07) is 9.74. The van der Waals surface area contributed by atoms with Crippen LogP contribution in [0.25, 0.3) is 0 Å². The number of nitrogen functional groups attached to an aromatic ring is 1. The summed E-state index contributed by atoms with van der Waals surface area (Å²) in [5.41, 5.74) is 7.57. The van der Waals surface area contributed by atoms with Gasteiger partial charge in [0.1, 0.15) is 5.75 Å². The Morgan fingerprint density at radius 1 is 1.19 bits per heavy atom. The molecule has 3 nitrogen and oxygen atoms in total. The van der Waals surface area contributed by atoms with Crippen LogP contribution in [0.15, 0.2) is 42.7 Å². The van der Waals surface area contributed by atoms with Crippen LogP contribution in [0.1, 0.15) is 12.5 Å². The Labute approximate surface area is 94.9 Å². The molecule has 16 heavy (non-hydrogen) atoms. The van der Waals surface area contributed by atoms with E-state index >= 15 is 0 Å². The van der Waals surface area contributed by atoms with Gasteiger partial charge in [-0.05, 0) is 24.1 Å². The first-order valence-electron chi connectivity index (χ1n) is 5.26. The molecule has 0 atom stereocenters. The molecule has 0 aliphatic rings. The Morgan fingerprint density at radius 2 is 1.94 bits per heavy atom. The third kappa shape index (κ3) is 2.31. The second-order valence-corrected chi connectivity index (χ2v) is 3.51. The average molecular weight is 214 g/mol. The number of nitrogens with zero attached hydrogens (tertiary/aromatic N) is 1. The SMILES string of the molecule is CCc1ccc(Oc2ccncc2N)cc1. The Morgan fingerprint density at radius 3 is 2.56 bits per heavy atom. The van der Waals surface area contributed by atoms with Crippen molar-refractivity contribution in [2.75, 3.05) is 5.73 Å². The van der Waals surface area contributed by atoms with Crippen molar-refractivity contribution in [3.8, 4) is 11.5 Å². The first kappa shape index (κ1) is 10.5. The van der Waals surface area contributed by atoms with Crippen molar-refractivity contribution in [3.63, 3.8) is 0 Å². The summed E-state index contributed by atoms with van der Waals surface area (Å²) in [6.07, 6.45) is 4.26.